The summed E-state index contributed by atoms with van der Waals surface area (Å²) in [4.78, 5) is 4.27. The Bertz CT molecular complexity index is 365. The molecule has 1 saturated heterocycles. The first-order valence-corrected chi connectivity index (χ1v) is 7.28. The summed E-state index contributed by atoms with van der Waals surface area (Å²) in [5.41, 5.74) is 1.06. The number of anilines is 1. The summed E-state index contributed by atoms with van der Waals surface area (Å²) >= 11 is 0. The summed E-state index contributed by atoms with van der Waals surface area (Å²) in [6.45, 7) is 5.67. The molecule has 1 aromatic heterocycles. The lowest BCUT2D eigenvalue weighted by Gasteiger charge is -2.30. The average molecular weight is 264 g/mol. The first-order valence-electron chi connectivity index (χ1n) is 7.28. The van der Waals surface area contributed by atoms with Crippen molar-refractivity contribution in [1.82, 2.24) is 4.98 Å². The molecule has 19 heavy (non-hydrogen) atoms. The van der Waals surface area contributed by atoms with Gasteiger partial charge in [-0.25, -0.2) is 4.98 Å². The van der Waals surface area contributed by atoms with Gasteiger partial charge in [0.2, 0.25) is 5.88 Å². The first kappa shape index (κ1) is 14.1. The van der Waals surface area contributed by atoms with E-state index in [9.17, 15) is 0 Å². The van der Waals surface area contributed by atoms with E-state index < -0.39 is 0 Å². The Morgan fingerprint density at radius 3 is 3.00 bits per heavy atom. The van der Waals surface area contributed by atoms with Crippen molar-refractivity contribution in [3.05, 3.63) is 18.3 Å². The van der Waals surface area contributed by atoms with Gasteiger partial charge in [-0.05, 0) is 32.3 Å². The highest BCUT2D eigenvalue weighted by Crippen LogP contribution is 2.21. The van der Waals surface area contributed by atoms with Gasteiger partial charge in [-0.15, -0.1) is 0 Å². The Balaban J connectivity index is 1.85. The van der Waals surface area contributed by atoms with Gasteiger partial charge < -0.3 is 14.8 Å². The molecule has 2 atom stereocenters. The van der Waals surface area contributed by atoms with Crippen LogP contribution in [0.3, 0.4) is 0 Å². The smallest absolute Gasteiger partial charge is 0.213 e. The van der Waals surface area contributed by atoms with Crippen LogP contribution in [0.15, 0.2) is 18.3 Å². The van der Waals surface area contributed by atoms with Crippen LogP contribution < -0.4 is 10.1 Å². The Labute approximate surface area is 115 Å². The van der Waals surface area contributed by atoms with Gasteiger partial charge in [0.05, 0.1) is 24.6 Å². The average Bonchev–Trinajstić information content (AvgIpc) is 2.42. The van der Waals surface area contributed by atoms with Crippen LogP contribution in [0.2, 0.25) is 0 Å². The molecule has 0 amide bonds. The molecule has 2 rings (SSSR count). The van der Waals surface area contributed by atoms with Crippen molar-refractivity contribution in [3.8, 4) is 5.88 Å². The quantitative estimate of drug-likeness (QED) is 0.856. The number of nitrogens with one attached hydrogen (secondary N) is 1. The lowest BCUT2D eigenvalue weighted by atomic mass is 10.00. The molecule has 1 fully saturated rings. The molecule has 1 aliphatic heterocycles. The molecule has 4 nitrogen and oxygen atoms in total. The van der Waals surface area contributed by atoms with Gasteiger partial charge in [0.1, 0.15) is 0 Å². The van der Waals surface area contributed by atoms with Crippen LogP contribution in [0.25, 0.3) is 0 Å². The van der Waals surface area contributed by atoms with Gasteiger partial charge in [-0.1, -0.05) is 13.3 Å². The van der Waals surface area contributed by atoms with E-state index in [0.717, 1.165) is 31.6 Å². The van der Waals surface area contributed by atoms with E-state index in [1.165, 1.54) is 6.42 Å². The SMILES string of the molecule is CCCC1CC(Nc2ccc(OCC)nc2)CCO1. The van der Waals surface area contributed by atoms with Crippen LogP contribution >= 0.6 is 0 Å². The van der Waals surface area contributed by atoms with E-state index in [4.69, 9.17) is 9.47 Å². The first-order chi connectivity index (χ1) is 9.31. The van der Waals surface area contributed by atoms with E-state index in [1.807, 2.05) is 25.3 Å². The van der Waals surface area contributed by atoms with Crippen LogP contribution in [0.4, 0.5) is 5.69 Å². The third kappa shape index (κ3) is 4.39. The molecule has 0 spiro atoms. The fourth-order valence-corrected chi connectivity index (χ4v) is 2.47. The number of hydrogen-bond donors (Lipinski definition) is 1. The fourth-order valence-electron chi connectivity index (χ4n) is 2.47. The highest BCUT2D eigenvalue weighted by Gasteiger charge is 2.21. The van der Waals surface area contributed by atoms with Crippen molar-refractivity contribution < 1.29 is 9.47 Å². The number of ether oxygens (including phenoxy) is 2. The molecule has 0 bridgehead atoms. The van der Waals surface area contributed by atoms with Crippen molar-refractivity contribution in [2.45, 2.75) is 51.7 Å². The maximum atomic E-state index is 5.76. The van der Waals surface area contributed by atoms with E-state index in [-0.39, 0.29) is 0 Å². The molecule has 106 valence electrons. The van der Waals surface area contributed by atoms with Crippen LogP contribution in [-0.2, 0) is 4.74 Å². The second kappa shape index (κ2) is 7.34. The number of hydrogen-bond acceptors (Lipinski definition) is 4. The van der Waals surface area contributed by atoms with E-state index in [1.54, 1.807) is 0 Å². The lowest BCUT2D eigenvalue weighted by molar-refractivity contribution is 0.00597. The fraction of sp³-hybridized carbons (Fsp3) is 0.667. The molecule has 1 aromatic rings. The minimum atomic E-state index is 0.409. The van der Waals surface area contributed by atoms with Gasteiger partial charge in [0.25, 0.3) is 0 Å². The summed E-state index contributed by atoms with van der Waals surface area (Å²) in [5.74, 6) is 0.684. The van der Waals surface area contributed by atoms with Crippen LogP contribution in [0.1, 0.15) is 39.5 Å². The zero-order chi connectivity index (χ0) is 13.5. The predicted octanol–water partition coefficient (Wildman–Crippen LogP) is 3.24. The highest BCUT2D eigenvalue weighted by atomic mass is 16.5. The minimum absolute atomic E-state index is 0.409. The predicted molar refractivity (Wildman–Crippen MR) is 76.7 cm³/mol. The van der Waals surface area contributed by atoms with Gasteiger partial charge in [0, 0.05) is 18.7 Å². The van der Waals surface area contributed by atoms with Gasteiger partial charge in [-0.2, -0.15) is 0 Å². The molecule has 1 aliphatic rings. The zero-order valence-electron chi connectivity index (χ0n) is 11.9. The molecule has 2 unspecified atom stereocenters. The van der Waals surface area contributed by atoms with Crippen LogP contribution in [-0.4, -0.2) is 30.3 Å². The number of nitrogens with zero attached hydrogens (tertiary/aromatic N) is 1. The maximum Gasteiger partial charge on any atom is 0.213 e. The highest BCUT2D eigenvalue weighted by molar-refractivity contribution is 5.43. The number of rotatable bonds is 6. The normalized spacial score (nSPS) is 23.1. The van der Waals surface area contributed by atoms with Crippen molar-refractivity contribution in [2.75, 3.05) is 18.5 Å². The van der Waals surface area contributed by atoms with Gasteiger partial charge in [0.15, 0.2) is 0 Å². The van der Waals surface area contributed by atoms with E-state index in [2.05, 4.69) is 17.2 Å². The third-order valence-electron chi connectivity index (χ3n) is 3.38. The monoisotopic (exact) mass is 264 g/mol. The molecule has 1 N–H and O–H groups in total. The van der Waals surface area contributed by atoms with Gasteiger partial charge >= 0.3 is 0 Å². The molecule has 0 aliphatic carbocycles. The Kier molecular flexibility index (Phi) is 5.45. The van der Waals surface area contributed by atoms with E-state index >= 15 is 0 Å². The maximum absolute atomic E-state index is 5.76. The molecule has 0 saturated carbocycles. The van der Waals surface area contributed by atoms with Crippen LogP contribution in [0, 0.1) is 0 Å². The van der Waals surface area contributed by atoms with Crippen molar-refractivity contribution in [1.29, 1.82) is 0 Å². The molecule has 4 heteroatoms. The van der Waals surface area contributed by atoms with Gasteiger partial charge in [-0.3, -0.25) is 0 Å². The molecular formula is C15H24N2O2. The largest absolute Gasteiger partial charge is 0.478 e. The standard InChI is InChI=1S/C15H24N2O2/c1-3-5-14-10-12(8-9-19-14)17-13-6-7-15(16-11-13)18-4-2/h6-7,11-12,14,17H,3-5,8-10H2,1-2H3. The van der Waals surface area contributed by atoms with Crippen molar-refractivity contribution >= 4 is 5.69 Å². The molecular weight excluding hydrogens is 240 g/mol. The number of aromatic nitrogens is 1. The third-order valence-corrected chi connectivity index (χ3v) is 3.38. The number of pyridine rings is 1. The van der Waals surface area contributed by atoms with Crippen LogP contribution in [0.5, 0.6) is 5.88 Å². The summed E-state index contributed by atoms with van der Waals surface area (Å²) in [6.07, 6.45) is 6.73. The Morgan fingerprint density at radius 2 is 2.32 bits per heavy atom. The van der Waals surface area contributed by atoms with E-state index in [0.29, 0.717) is 24.6 Å². The summed E-state index contributed by atoms with van der Waals surface area (Å²) in [7, 11) is 0. The molecule has 0 radical (unpaired) electrons. The van der Waals surface area contributed by atoms with Crippen molar-refractivity contribution in [3.63, 3.8) is 0 Å². The Hall–Kier alpha value is -1.29. The summed E-state index contributed by atoms with van der Waals surface area (Å²) < 4.78 is 11.1. The summed E-state index contributed by atoms with van der Waals surface area (Å²) in [6, 6.07) is 4.43. The molecule has 0 aromatic carbocycles. The second-order valence-corrected chi connectivity index (χ2v) is 4.97. The lowest BCUT2D eigenvalue weighted by Crippen LogP contribution is -2.34. The second-order valence-electron chi connectivity index (χ2n) is 4.97. The topological polar surface area (TPSA) is 43.4 Å². The van der Waals surface area contributed by atoms with Crippen molar-refractivity contribution in [2.24, 2.45) is 0 Å². The minimum Gasteiger partial charge on any atom is -0.478 e. The molecule has 2 heterocycles. The Morgan fingerprint density at radius 1 is 1.42 bits per heavy atom. The summed E-state index contributed by atoms with van der Waals surface area (Å²) in [5, 5.41) is 3.54. The zero-order valence-corrected chi connectivity index (χ0v) is 11.9.